The molecule has 2 rings (SSSR count). The topological polar surface area (TPSA) is 57.5 Å². The van der Waals surface area contributed by atoms with Crippen LogP contribution in [0.25, 0.3) is 0 Å². The average Bonchev–Trinajstić information content (AvgIpc) is 3.04. The highest BCUT2D eigenvalue weighted by Gasteiger charge is 2.12. The van der Waals surface area contributed by atoms with Gasteiger partial charge in [0, 0.05) is 37.6 Å². The molecular weight excluding hydrogens is 270 g/mol. The Bertz CT molecular complexity index is 530. The van der Waals surface area contributed by atoms with Crippen molar-refractivity contribution in [1.29, 1.82) is 0 Å². The van der Waals surface area contributed by atoms with Gasteiger partial charge >= 0.3 is 0 Å². The molecule has 0 atom stereocenters. The van der Waals surface area contributed by atoms with Crippen molar-refractivity contribution in [2.75, 3.05) is 27.9 Å². The lowest BCUT2D eigenvalue weighted by atomic mass is 10.1. The fourth-order valence-corrected chi connectivity index (χ4v) is 2.09. The number of rotatable bonds is 8. The third-order valence-electron chi connectivity index (χ3n) is 3.20. The van der Waals surface area contributed by atoms with E-state index in [9.17, 15) is 0 Å². The molecule has 0 bridgehead atoms. The van der Waals surface area contributed by atoms with E-state index in [-0.39, 0.29) is 0 Å². The lowest BCUT2D eigenvalue weighted by Crippen LogP contribution is -2.20. The Morgan fingerprint density at radius 1 is 1.10 bits per heavy atom. The second-order valence-electron chi connectivity index (χ2n) is 4.46. The maximum absolute atomic E-state index is 5.42. The first-order valence-corrected chi connectivity index (χ1v) is 6.75. The van der Waals surface area contributed by atoms with Crippen molar-refractivity contribution in [2.24, 2.45) is 0 Å². The molecule has 0 unspecified atom stereocenters. The summed E-state index contributed by atoms with van der Waals surface area (Å²) in [7, 11) is 4.90. The van der Waals surface area contributed by atoms with E-state index in [0.29, 0.717) is 12.3 Å². The number of benzene rings is 1. The van der Waals surface area contributed by atoms with Gasteiger partial charge in [0.25, 0.3) is 0 Å². The summed E-state index contributed by atoms with van der Waals surface area (Å²) in [5.74, 6) is 2.21. The van der Waals surface area contributed by atoms with Gasteiger partial charge in [-0.25, -0.2) is 0 Å². The van der Waals surface area contributed by atoms with Crippen molar-refractivity contribution in [2.45, 2.75) is 13.1 Å². The van der Waals surface area contributed by atoms with Crippen LogP contribution in [-0.4, -0.2) is 37.7 Å². The summed E-state index contributed by atoms with van der Waals surface area (Å²) < 4.78 is 18.0. The molecule has 0 amide bonds. The van der Waals surface area contributed by atoms with Gasteiger partial charge in [0.2, 0.25) is 0 Å². The zero-order valence-electron chi connectivity index (χ0n) is 12.6. The summed E-state index contributed by atoms with van der Waals surface area (Å²) in [5.41, 5.74) is 0.973. The van der Waals surface area contributed by atoms with Crippen molar-refractivity contribution in [3.63, 3.8) is 0 Å². The molecule has 114 valence electrons. The zero-order valence-corrected chi connectivity index (χ0v) is 12.6. The van der Waals surface area contributed by atoms with E-state index in [1.54, 1.807) is 27.5 Å². The molecule has 1 aromatic carbocycles. The number of ether oxygens (including phenoxy) is 3. The average molecular weight is 291 g/mol. The highest BCUT2D eigenvalue weighted by atomic mass is 16.5. The van der Waals surface area contributed by atoms with Crippen LogP contribution in [0.4, 0.5) is 0 Å². The Morgan fingerprint density at radius 2 is 1.81 bits per heavy atom. The van der Waals surface area contributed by atoms with Gasteiger partial charge < -0.3 is 19.5 Å². The van der Waals surface area contributed by atoms with Crippen molar-refractivity contribution in [3.05, 3.63) is 36.2 Å². The normalized spacial score (nSPS) is 10.4. The maximum atomic E-state index is 5.42. The number of nitrogens with one attached hydrogen (secondary N) is 1. The minimum Gasteiger partial charge on any atom is -0.496 e. The van der Waals surface area contributed by atoms with E-state index in [1.165, 1.54) is 0 Å². The molecule has 0 saturated carbocycles. The van der Waals surface area contributed by atoms with E-state index >= 15 is 0 Å². The van der Waals surface area contributed by atoms with Crippen LogP contribution in [0.5, 0.6) is 17.2 Å². The lowest BCUT2D eigenvalue weighted by molar-refractivity contribution is 0.366. The molecule has 2 aromatic rings. The highest BCUT2D eigenvalue weighted by molar-refractivity contribution is 5.50. The standard InChI is InChI=1S/C15H21N3O3/c1-19-12-9-14(20-2)13(15(10-12)21-3)11-16-6-8-18-7-4-5-17-18/h4-5,7,9-10,16H,6,8,11H2,1-3H3. The van der Waals surface area contributed by atoms with Gasteiger partial charge in [-0.3, -0.25) is 4.68 Å². The summed E-state index contributed by atoms with van der Waals surface area (Å²) in [5, 5.41) is 7.53. The second-order valence-corrected chi connectivity index (χ2v) is 4.46. The summed E-state index contributed by atoms with van der Waals surface area (Å²) in [4.78, 5) is 0. The molecule has 0 aliphatic carbocycles. The van der Waals surface area contributed by atoms with Crippen LogP contribution in [0.2, 0.25) is 0 Å². The number of methoxy groups -OCH3 is 3. The van der Waals surface area contributed by atoms with E-state index in [0.717, 1.165) is 30.2 Å². The minimum atomic E-state index is 0.650. The molecule has 1 aromatic heterocycles. The summed E-state index contributed by atoms with van der Waals surface area (Å²) in [6.45, 7) is 2.27. The second kappa shape index (κ2) is 7.54. The molecule has 0 fully saturated rings. The largest absolute Gasteiger partial charge is 0.496 e. The van der Waals surface area contributed by atoms with Gasteiger partial charge in [0.1, 0.15) is 17.2 Å². The van der Waals surface area contributed by atoms with Crippen molar-refractivity contribution < 1.29 is 14.2 Å². The van der Waals surface area contributed by atoms with Gasteiger partial charge in [-0.2, -0.15) is 5.10 Å². The summed E-state index contributed by atoms with van der Waals surface area (Å²) in [6, 6.07) is 5.62. The highest BCUT2D eigenvalue weighted by Crippen LogP contribution is 2.33. The van der Waals surface area contributed by atoms with Gasteiger partial charge in [-0.05, 0) is 6.07 Å². The van der Waals surface area contributed by atoms with Crippen LogP contribution < -0.4 is 19.5 Å². The van der Waals surface area contributed by atoms with Crippen molar-refractivity contribution in [3.8, 4) is 17.2 Å². The molecule has 6 heteroatoms. The molecule has 21 heavy (non-hydrogen) atoms. The van der Waals surface area contributed by atoms with E-state index in [4.69, 9.17) is 14.2 Å². The van der Waals surface area contributed by atoms with Crippen LogP contribution in [0.1, 0.15) is 5.56 Å². The third kappa shape index (κ3) is 3.88. The number of aromatic nitrogens is 2. The van der Waals surface area contributed by atoms with Crippen LogP contribution in [-0.2, 0) is 13.1 Å². The van der Waals surface area contributed by atoms with Gasteiger partial charge in [-0.15, -0.1) is 0 Å². The number of hydrogen-bond acceptors (Lipinski definition) is 5. The molecular formula is C15H21N3O3. The van der Waals surface area contributed by atoms with Crippen LogP contribution in [0.15, 0.2) is 30.6 Å². The van der Waals surface area contributed by atoms with Crippen molar-refractivity contribution >= 4 is 0 Å². The SMILES string of the molecule is COc1cc(OC)c(CNCCn2cccn2)c(OC)c1. The predicted molar refractivity (Wildman–Crippen MR) is 80.0 cm³/mol. The number of hydrogen-bond donors (Lipinski definition) is 1. The maximum Gasteiger partial charge on any atom is 0.130 e. The lowest BCUT2D eigenvalue weighted by Gasteiger charge is -2.15. The summed E-state index contributed by atoms with van der Waals surface area (Å²) in [6.07, 6.45) is 3.71. The first-order valence-electron chi connectivity index (χ1n) is 6.75. The van der Waals surface area contributed by atoms with Gasteiger partial charge in [0.05, 0.1) is 33.4 Å². The zero-order chi connectivity index (χ0) is 15.1. The van der Waals surface area contributed by atoms with Crippen LogP contribution in [0.3, 0.4) is 0 Å². The van der Waals surface area contributed by atoms with E-state index in [2.05, 4.69) is 10.4 Å². The molecule has 0 radical (unpaired) electrons. The molecule has 0 spiro atoms. The van der Waals surface area contributed by atoms with Crippen LogP contribution in [0, 0.1) is 0 Å². The molecule has 1 heterocycles. The number of nitrogens with zero attached hydrogens (tertiary/aromatic N) is 2. The van der Waals surface area contributed by atoms with Crippen LogP contribution >= 0.6 is 0 Å². The molecule has 1 N–H and O–H groups in total. The Balaban J connectivity index is 2.00. The smallest absolute Gasteiger partial charge is 0.130 e. The first-order chi connectivity index (χ1) is 10.3. The minimum absolute atomic E-state index is 0.650. The molecule has 0 aliphatic heterocycles. The molecule has 0 saturated heterocycles. The van der Waals surface area contributed by atoms with E-state index < -0.39 is 0 Å². The van der Waals surface area contributed by atoms with Crippen molar-refractivity contribution in [1.82, 2.24) is 15.1 Å². The van der Waals surface area contributed by atoms with Gasteiger partial charge in [-0.1, -0.05) is 0 Å². The Hall–Kier alpha value is -2.21. The quantitative estimate of drug-likeness (QED) is 0.750. The van der Waals surface area contributed by atoms with Gasteiger partial charge in [0.15, 0.2) is 0 Å². The Labute approximate surface area is 124 Å². The third-order valence-corrected chi connectivity index (χ3v) is 3.20. The first kappa shape index (κ1) is 15.2. The molecule has 6 nitrogen and oxygen atoms in total. The molecule has 0 aliphatic rings. The predicted octanol–water partition coefficient (Wildman–Crippen LogP) is 1.70. The summed E-state index contributed by atoms with van der Waals surface area (Å²) >= 11 is 0. The Morgan fingerprint density at radius 3 is 2.33 bits per heavy atom. The van der Waals surface area contributed by atoms with E-state index in [1.807, 2.05) is 29.1 Å². The monoisotopic (exact) mass is 291 g/mol. The fourth-order valence-electron chi connectivity index (χ4n) is 2.09. The Kier molecular flexibility index (Phi) is 5.45. The fraction of sp³-hybridized carbons (Fsp3) is 0.400.